The van der Waals surface area contributed by atoms with Gasteiger partial charge in [-0.3, -0.25) is 9.59 Å². The summed E-state index contributed by atoms with van der Waals surface area (Å²) >= 11 is 0. The zero-order chi connectivity index (χ0) is 30.0. The van der Waals surface area contributed by atoms with Gasteiger partial charge in [0.15, 0.2) is 11.5 Å². The Kier molecular flexibility index (Phi) is 11.6. The Labute approximate surface area is 243 Å². The van der Waals surface area contributed by atoms with Gasteiger partial charge in [0.2, 0.25) is 5.78 Å². The molecule has 2 atom stereocenters. The minimum absolute atomic E-state index is 0.350. The highest BCUT2D eigenvalue weighted by atomic mass is 16.5. The lowest BCUT2D eigenvalue weighted by Crippen LogP contribution is -2.53. The van der Waals surface area contributed by atoms with Crippen molar-refractivity contribution in [3.63, 3.8) is 0 Å². The largest absolute Gasteiger partial charge is 0.493 e. The minimum atomic E-state index is -0.812. The number of Topliss-reactive ketones (excluding diaryl/α,β-unsaturated/α-hetero) is 1. The Morgan fingerprint density at radius 2 is 1.80 bits per heavy atom. The van der Waals surface area contributed by atoms with Gasteiger partial charge >= 0.3 is 5.97 Å². The summed E-state index contributed by atoms with van der Waals surface area (Å²) in [6, 6.07) is 12.3. The van der Waals surface area contributed by atoms with Crippen molar-refractivity contribution >= 4 is 17.7 Å². The fourth-order valence-electron chi connectivity index (χ4n) is 4.83. The highest BCUT2D eigenvalue weighted by molar-refractivity contribution is 6.38. The summed E-state index contributed by atoms with van der Waals surface area (Å²) in [7, 11) is 3.17. The first-order valence-corrected chi connectivity index (χ1v) is 14.3. The number of ketones is 1. The number of amides is 1. The van der Waals surface area contributed by atoms with Crippen LogP contribution in [-0.2, 0) is 25.5 Å². The lowest BCUT2D eigenvalue weighted by Gasteiger charge is -2.36. The molecule has 1 aliphatic rings. The molecular weight excluding hydrogens is 524 g/mol. The average molecular weight is 569 g/mol. The first-order valence-electron chi connectivity index (χ1n) is 14.3. The third kappa shape index (κ3) is 8.22. The molecule has 0 saturated carbocycles. The normalized spacial score (nSPS) is 16.0. The molecule has 1 fully saturated rings. The molecule has 2 aromatic carbocycles. The SMILES string of the molecule is CCC(C)(C)C(=O)C(=O)N1CCCC[C@H]1C(=O)O[C@H](CCc1ccc(OC)c(OC)c1)c1cccc(OCCN)c1. The predicted octanol–water partition coefficient (Wildman–Crippen LogP) is 4.64. The summed E-state index contributed by atoms with van der Waals surface area (Å²) in [6.45, 7) is 6.48. The first kappa shape index (κ1) is 31.9. The predicted molar refractivity (Wildman–Crippen MR) is 156 cm³/mol. The minimum Gasteiger partial charge on any atom is -0.493 e. The molecule has 2 N–H and O–H groups in total. The Balaban J connectivity index is 1.85. The van der Waals surface area contributed by atoms with E-state index in [2.05, 4.69) is 0 Å². The van der Waals surface area contributed by atoms with Crippen LogP contribution in [0, 0.1) is 5.41 Å². The molecule has 41 heavy (non-hydrogen) atoms. The molecule has 1 saturated heterocycles. The van der Waals surface area contributed by atoms with Crippen molar-refractivity contribution in [3.8, 4) is 17.2 Å². The van der Waals surface area contributed by atoms with Gasteiger partial charge in [0, 0.05) is 18.5 Å². The van der Waals surface area contributed by atoms with Gasteiger partial charge in [-0.25, -0.2) is 4.79 Å². The standard InChI is InChI=1S/C32H44N2O7/c1-6-32(2,3)29(35)30(36)34-18-8-7-12-25(34)31(37)41-26(23-10-9-11-24(21-23)40-19-17-33)15-13-22-14-16-27(38-4)28(20-22)39-5/h9-11,14,16,20-21,25-26H,6-8,12-13,15,17-19,33H2,1-5H3/t25-,26+/m0/s1. The number of benzene rings is 2. The number of carbonyl (C=O) groups is 3. The van der Waals surface area contributed by atoms with E-state index in [4.69, 9.17) is 24.7 Å². The van der Waals surface area contributed by atoms with Gasteiger partial charge in [0.05, 0.1) is 14.2 Å². The molecule has 2 aromatic rings. The van der Waals surface area contributed by atoms with Crippen LogP contribution in [0.25, 0.3) is 0 Å². The number of likely N-dealkylation sites (tertiary alicyclic amines) is 1. The highest BCUT2D eigenvalue weighted by Crippen LogP contribution is 2.32. The molecule has 0 aromatic heterocycles. The van der Waals surface area contributed by atoms with E-state index in [9.17, 15) is 14.4 Å². The second kappa shape index (κ2) is 14.9. The van der Waals surface area contributed by atoms with E-state index >= 15 is 0 Å². The van der Waals surface area contributed by atoms with E-state index in [1.54, 1.807) is 28.1 Å². The lowest BCUT2D eigenvalue weighted by atomic mass is 9.84. The summed E-state index contributed by atoms with van der Waals surface area (Å²) in [5, 5.41) is 0. The Morgan fingerprint density at radius 3 is 2.49 bits per heavy atom. The van der Waals surface area contributed by atoms with E-state index in [1.165, 1.54) is 4.90 Å². The van der Waals surface area contributed by atoms with E-state index in [1.807, 2.05) is 49.4 Å². The zero-order valence-electron chi connectivity index (χ0n) is 24.9. The Hall–Kier alpha value is -3.59. The van der Waals surface area contributed by atoms with Gasteiger partial charge in [0.25, 0.3) is 5.91 Å². The molecule has 0 bridgehead atoms. The second-order valence-electron chi connectivity index (χ2n) is 10.9. The molecule has 0 radical (unpaired) electrons. The summed E-state index contributed by atoms with van der Waals surface area (Å²) < 4.78 is 22.7. The number of carbonyl (C=O) groups excluding carboxylic acids is 3. The number of methoxy groups -OCH3 is 2. The van der Waals surface area contributed by atoms with Crippen LogP contribution in [0.3, 0.4) is 0 Å². The zero-order valence-corrected chi connectivity index (χ0v) is 24.9. The van der Waals surface area contributed by atoms with Crippen LogP contribution in [0.15, 0.2) is 42.5 Å². The fraction of sp³-hybridized carbons (Fsp3) is 0.531. The van der Waals surface area contributed by atoms with Gasteiger partial charge in [-0.15, -0.1) is 0 Å². The van der Waals surface area contributed by atoms with Crippen molar-refractivity contribution in [2.75, 3.05) is 33.9 Å². The monoisotopic (exact) mass is 568 g/mol. The third-order valence-electron chi connectivity index (χ3n) is 7.75. The molecule has 0 aliphatic carbocycles. The lowest BCUT2D eigenvalue weighted by molar-refractivity contribution is -0.164. The topological polar surface area (TPSA) is 117 Å². The van der Waals surface area contributed by atoms with E-state index in [0.29, 0.717) is 62.6 Å². The number of rotatable bonds is 14. The molecule has 1 aliphatic heterocycles. The maximum absolute atomic E-state index is 13.7. The smallest absolute Gasteiger partial charge is 0.329 e. The van der Waals surface area contributed by atoms with Crippen LogP contribution in [0.2, 0.25) is 0 Å². The molecule has 9 nitrogen and oxygen atoms in total. The van der Waals surface area contributed by atoms with Gasteiger partial charge in [-0.2, -0.15) is 0 Å². The first-order chi connectivity index (χ1) is 19.6. The number of hydrogen-bond donors (Lipinski definition) is 1. The highest BCUT2D eigenvalue weighted by Gasteiger charge is 2.41. The molecule has 1 heterocycles. The van der Waals surface area contributed by atoms with Crippen LogP contribution in [0.1, 0.15) is 70.1 Å². The summed E-state index contributed by atoms with van der Waals surface area (Å²) in [4.78, 5) is 41.4. The average Bonchev–Trinajstić information content (AvgIpc) is 3.00. The van der Waals surface area contributed by atoms with Crippen molar-refractivity contribution in [2.45, 2.75) is 71.4 Å². The number of hydrogen-bond acceptors (Lipinski definition) is 8. The molecule has 9 heteroatoms. The van der Waals surface area contributed by atoms with Gasteiger partial charge < -0.3 is 29.6 Å². The Bertz CT molecular complexity index is 1200. The van der Waals surface area contributed by atoms with Gasteiger partial charge in [-0.05, 0) is 73.9 Å². The number of piperidine rings is 1. The molecular formula is C32H44N2O7. The van der Waals surface area contributed by atoms with E-state index in [-0.39, 0.29) is 0 Å². The van der Waals surface area contributed by atoms with Gasteiger partial charge in [-0.1, -0.05) is 39.0 Å². The number of esters is 1. The van der Waals surface area contributed by atoms with E-state index in [0.717, 1.165) is 24.0 Å². The molecule has 0 spiro atoms. The van der Waals surface area contributed by atoms with Crippen LogP contribution < -0.4 is 19.9 Å². The molecule has 3 rings (SSSR count). The Morgan fingerprint density at radius 1 is 1.05 bits per heavy atom. The van der Waals surface area contributed by atoms with Crippen molar-refractivity contribution in [3.05, 3.63) is 53.6 Å². The van der Waals surface area contributed by atoms with Crippen molar-refractivity contribution in [2.24, 2.45) is 11.1 Å². The third-order valence-corrected chi connectivity index (χ3v) is 7.75. The fourth-order valence-corrected chi connectivity index (χ4v) is 4.83. The molecule has 1 amide bonds. The van der Waals surface area contributed by atoms with Gasteiger partial charge in [0.1, 0.15) is 24.5 Å². The summed E-state index contributed by atoms with van der Waals surface area (Å²) in [5.41, 5.74) is 6.56. The second-order valence-corrected chi connectivity index (χ2v) is 10.9. The van der Waals surface area contributed by atoms with Crippen LogP contribution in [0.4, 0.5) is 0 Å². The van der Waals surface area contributed by atoms with Crippen LogP contribution in [0.5, 0.6) is 17.2 Å². The summed E-state index contributed by atoms with van der Waals surface area (Å²) in [6.07, 6.45) is 2.94. The van der Waals surface area contributed by atoms with Crippen molar-refractivity contribution in [1.82, 2.24) is 4.90 Å². The summed E-state index contributed by atoms with van der Waals surface area (Å²) in [5.74, 6) is 0.276. The number of nitrogens with zero attached hydrogens (tertiary/aromatic N) is 1. The number of aryl methyl sites for hydroxylation is 1. The van der Waals surface area contributed by atoms with Crippen molar-refractivity contribution in [1.29, 1.82) is 0 Å². The van der Waals surface area contributed by atoms with Crippen LogP contribution in [-0.4, -0.2) is 62.5 Å². The van der Waals surface area contributed by atoms with Crippen molar-refractivity contribution < 1.29 is 33.3 Å². The van der Waals surface area contributed by atoms with Crippen LogP contribution >= 0.6 is 0 Å². The number of nitrogens with two attached hydrogens (primary N) is 1. The molecule has 0 unspecified atom stereocenters. The van der Waals surface area contributed by atoms with E-state index < -0.39 is 35.2 Å². The molecule has 224 valence electrons. The maximum atomic E-state index is 13.7. The number of ether oxygens (including phenoxy) is 4. The maximum Gasteiger partial charge on any atom is 0.329 e. The quantitative estimate of drug-likeness (QED) is 0.259.